The summed E-state index contributed by atoms with van der Waals surface area (Å²) >= 11 is 0. The number of carbonyl (C=O) groups excluding carboxylic acids is 1. The van der Waals surface area contributed by atoms with Crippen molar-refractivity contribution in [1.82, 2.24) is 0 Å². The monoisotopic (exact) mass is 273 g/mol. The molecule has 0 aromatic heterocycles. The van der Waals surface area contributed by atoms with Gasteiger partial charge in [-0.3, -0.25) is 0 Å². The molecular weight excluding hydrogens is 246 g/mol. The molecule has 0 aromatic carbocycles. The summed E-state index contributed by atoms with van der Waals surface area (Å²) in [6.45, 7) is 15.6. The summed E-state index contributed by atoms with van der Waals surface area (Å²) in [4.78, 5) is 17.4. The van der Waals surface area contributed by atoms with Crippen LogP contribution in [0.25, 0.3) is 0 Å². The van der Waals surface area contributed by atoms with E-state index in [1.165, 1.54) is 0 Å². The van der Waals surface area contributed by atoms with Crippen LogP contribution in [0.15, 0.2) is 5.16 Å². The molecule has 0 N–H and O–H groups in total. The molecule has 0 aliphatic rings. The van der Waals surface area contributed by atoms with E-state index in [1.807, 2.05) is 54.3 Å². The quantitative estimate of drug-likeness (QED) is 0.437. The first-order chi connectivity index (χ1) is 7.96. The van der Waals surface area contributed by atoms with E-state index < -0.39 is 13.9 Å². The van der Waals surface area contributed by atoms with Crippen LogP contribution in [0.4, 0.5) is 0 Å². The first-order valence-corrected chi connectivity index (χ1v) is 9.86. The molecule has 1 unspecified atom stereocenters. The van der Waals surface area contributed by atoms with Crippen molar-refractivity contribution in [3.05, 3.63) is 0 Å². The van der Waals surface area contributed by atoms with Crippen molar-refractivity contribution >= 4 is 20.0 Å². The van der Waals surface area contributed by atoms with Crippen molar-refractivity contribution in [2.24, 2.45) is 11.1 Å². The van der Waals surface area contributed by atoms with Gasteiger partial charge in [-0.1, -0.05) is 19.0 Å². The van der Waals surface area contributed by atoms with Crippen LogP contribution >= 0.6 is 0 Å². The minimum Gasteiger partial charge on any atom is -0.515 e. The number of rotatable bonds is 5. The third-order valence-electron chi connectivity index (χ3n) is 2.11. The molecule has 106 valence electrons. The molecule has 0 saturated carbocycles. The average Bonchev–Trinajstić information content (AvgIpc) is 2.12. The lowest BCUT2D eigenvalue weighted by atomic mass is 10.0. The number of nitrogens with zero attached hydrogens (tertiary/aromatic N) is 1. The van der Waals surface area contributed by atoms with E-state index >= 15 is 0 Å². The first kappa shape index (κ1) is 17.2. The van der Waals surface area contributed by atoms with Crippen LogP contribution in [0.2, 0.25) is 19.6 Å². The zero-order valence-corrected chi connectivity index (χ0v) is 14.0. The molecule has 0 aliphatic carbocycles. The van der Waals surface area contributed by atoms with Crippen LogP contribution in [0.3, 0.4) is 0 Å². The molecule has 0 aromatic rings. The molecule has 0 bridgehead atoms. The van der Waals surface area contributed by atoms with Gasteiger partial charge in [0.2, 0.25) is 8.32 Å². The minimum absolute atomic E-state index is 0.0381. The third-order valence-corrected chi connectivity index (χ3v) is 2.90. The van der Waals surface area contributed by atoms with E-state index in [4.69, 9.17) is 9.26 Å². The summed E-state index contributed by atoms with van der Waals surface area (Å²) in [5, 5.41) is 4.01. The lowest BCUT2D eigenvalue weighted by Crippen LogP contribution is -2.35. The fraction of sp³-hybridized carbons (Fsp3) is 0.846. The molecule has 18 heavy (non-hydrogen) atoms. The van der Waals surface area contributed by atoms with Gasteiger partial charge in [0.25, 0.3) is 0 Å². The summed E-state index contributed by atoms with van der Waals surface area (Å²) in [6, 6.07) is 0. The van der Waals surface area contributed by atoms with Gasteiger partial charge in [-0.05, 0) is 46.8 Å². The molecule has 0 aliphatic heterocycles. The summed E-state index contributed by atoms with van der Waals surface area (Å²) in [5.74, 6) is -0.302. The van der Waals surface area contributed by atoms with Gasteiger partial charge in [0.05, 0.1) is 0 Å². The van der Waals surface area contributed by atoms with Crippen molar-refractivity contribution in [2.45, 2.75) is 66.3 Å². The predicted molar refractivity (Wildman–Crippen MR) is 77.2 cm³/mol. The third kappa shape index (κ3) is 7.48. The minimum atomic E-state index is -1.90. The Morgan fingerprint density at radius 1 is 1.28 bits per heavy atom. The SMILES string of the molecule is CCC(C)/C(=N\OC(C)(C)C)C(=O)O[Si](C)(C)C. The second-order valence-corrected chi connectivity index (χ2v) is 10.9. The number of hydrogen-bond donors (Lipinski definition) is 0. The zero-order valence-electron chi connectivity index (χ0n) is 13.0. The van der Waals surface area contributed by atoms with Crippen molar-refractivity contribution in [3.8, 4) is 0 Å². The van der Waals surface area contributed by atoms with Crippen LogP contribution < -0.4 is 0 Å². The Labute approximate surface area is 112 Å². The molecule has 0 amide bonds. The topological polar surface area (TPSA) is 47.9 Å². The van der Waals surface area contributed by atoms with Gasteiger partial charge in [-0.2, -0.15) is 0 Å². The Balaban J connectivity index is 4.95. The highest BCUT2D eigenvalue weighted by Crippen LogP contribution is 2.14. The van der Waals surface area contributed by atoms with Crippen molar-refractivity contribution < 1.29 is 14.1 Å². The fourth-order valence-corrected chi connectivity index (χ4v) is 1.70. The first-order valence-electron chi connectivity index (χ1n) is 6.45. The Morgan fingerprint density at radius 3 is 2.11 bits per heavy atom. The standard InChI is InChI=1S/C13H27NO3Si/c1-9-10(2)11(14-17-13(3,4)5)12(15)16-18(6,7)8/h10H,9H2,1-8H3/b14-11+. The highest BCUT2D eigenvalue weighted by molar-refractivity contribution is 6.72. The second kappa shape index (κ2) is 6.36. The molecule has 0 saturated heterocycles. The molecule has 0 heterocycles. The predicted octanol–water partition coefficient (Wildman–Crippen LogP) is 3.58. The van der Waals surface area contributed by atoms with Crippen LogP contribution in [0.5, 0.6) is 0 Å². The molecule has 0 radical (unpaired) electrons. The fourth-order valence-electron chi connectivity index (χ4n) is 1.04. The molecule has 0 fully saturated rings. The molecular formula is C13H27NO3Si. The molecule has 0 rings (SSSR count). The largest absolute Gasteiger partial charge is 0.515 e. The highest BCUT2D eigenvalue weighted by Gasteiger charge is 2.27. The summed E-state index contributed by atoms with van der Waals surface area (Å²) < 4.78 is 5.48. The van der Waals surface area contributed by atoms with Crippen molar-refractivity contribution in [1.29, 1.82) is 0 Å². The normalized spacial score (nSPS) is 15.2. The van der Waals surface area contributed by atoms with E-state index in [9.17, 15) is 4.79 Å². The van der Waals surface area contributed by atoms with Gasteiger partial charge in [-0.15, -0.1) is 0 Å². The van der Waals surface area contributed by atoms with Crippen LogP contribution in [0, 0.1) is 5.92 Å². The highest BCUT2D eigenvalue weighted by atomic mass is 28.4. The van der Waals surface area contributed by atoms with Crippen LogP contribution in [-0.2, 0) is 14.1 Å². The molecule has 4 nitrogen and oxygen atoms in total. The lowest BCUT2D eigenvalue weighted by Gasteiger charge is -2.22. The van der Waals surface area contributed by atoms with Gasteiger partial charge in [-0.25, -0.2) is 4.79 Å². The Bertz CT molecular complexity index is 313. The Kier molecular flexibility index (Phi) is 6.06. The van der Waals surface area contributed by atoms with E-state index in [2.05, 4.69) is 5.16 Å². The molecule has 5 heteroatoms. The van der Waals surface area contributed by atoms with Gasteiger partial charge in [0.1, 0.15) is 5.60 Å². The van der Waals surface area contributed by atoms with E-state index in [0.717, 1.165) is 6.42 Å². The summed E-state index contributed by atoms with van der Waals surface area (Å²) in [6.07, 6.45) is 0.827. The maximum absolute atomic E-state index is 12.1. The Hall–Kier alpha value is -0.843. The van der Waals surface area contributed by atoms with Gasteiger partial charge < -0.3 is 9.26 Å². The maximum atomic E-state index is 12.1. The van der Waals surface area contributed by atoms with Crippen molar-refractivity contribution in [2.75, 3.05) is 0 Å². The molecule has 1 atom stereocenters. The smallest absolute Gasteiger partial charge is 0.343 e. The van der Waals surface area contributed by atoms with Crippen molar-refractivity contribution in [3.63, 3.8) is 0 Å². The van der Waals surface area contributed by atoms with E-state index in [0.29, 0.717) is 5.71 Å². The van der Waals surface area contributed by atoms with Crippen LogP contribution in [0.1, 0.15) is 41.0 Å². The van der Waals surface area contributed by atoms with E-state index in [-0.39, 0.29) is 11.9 Å². The number of carbonyl (C=O) groups is 1. The maximum Gasteiger partial charge on any atom is 0.343 e. The lowest BCUT2D eigenvalue weighted by molar-refractivity contribution is -0.128. The van der Waals surface area contributed by atoms with Gasteiger partial charge >= 0.3 is 5.97 Å². The van der Waals surface area contributed by atoms with Gasteiger partial charge in [0, 0.05) is 5.92 Å². The molecule has 0 spiro atoms. The Morgan fingerprint density at radius 2 is 1.78 bits per heavy atom. The van der Waals surface area contributed by atoms with Gasteiger partial charge in [0.15, 0.2) is 5.71 Å². The number of oxime groups is 1. The zero-order chi connectivity index (χ0) is 14.6. The van der Waals surface area contributed by atoms with Crippen LogP contribution in [-0.4, -0.2) is 25.6 Å². The summed E-state index contributed by atoms with van der Waals surface area (Å²) in [7, 11) is -1.90. The summed E-state index contributed by atoms with van der Waals surface area (Å²) in [5.41, 5.74) is -0.0205. The number of hydrogen-bond acceptors (Lipinski definition) is 4. The second-order valence-electron chi connectivity index (χ2n) is 6.49. The average molecular weight is 273 g/mol. The van der Waals surface area contributed by atoms with E-state index in [1.54, 1.807) is 0 Å².